The zero-order chi connectivity index (χ0) is 14.8. The lowest BCUT2D eigenvalue weighted by Crippen LogP contribution is -2.27. The van der Waals surface area contributed by atoms with Crippen LogP contribution in [0.2, 0.25) is 5.02 Å². The molecule has 2 fully saturated rings. The first-order chi connectivity index (χ1) is 10.1. The van der Waals surface area contributed by atoms with Gasteiger partial charge in [0.1, 0.15) is 0 Å². The molecule has 1 aliphatic heterocycles. The Balaban J connectivity index is 1.70. The molecule has 1 heterocycles. The number of nitrogens with one attached hydrogen (secondary N) is 3. The molecule has 3 N–H and O–H groups in total. The van der Waals surface area contributed by atoms with Crippen molar-refractivity contribution < 1.29 is 9.59 Å². The fraction of sp³-hybridized carbons (Fsp3) is 0.467. The van der Waals surface area contributed by atoms with Crippen molar-refractivity contribution in [2.75, 3.05) is 18.4 Å². The summed E-state index contributed by atoms with van der Waals surface area (Å²) < 4.78 is 0. The van der Waals surface area contributed by atoms with E-state index in [-0.39, 0.29) is 23.8 Å². The van der Waals surface area contributed by atoms with Crippen molar-refractivity contribution in [2.24, 2.45) is 5.92 Å². The maximum absolute atomic E-state index is 12.1. The third kappa shape index (κ3) is 3.54. The van der Waals surface area contributed by atoms with Crippen molar-refractivity contribution in [1.82, 2.24) is 10.6 Å². The topological polar surface area (TPSA) is 70.2 Å². The van der Waals surface area contributed by atoms with Gasteiger partial charge in [0.15, 0.2) is 0 Å². The molecule has 3 rings (SSSR count). The SMILES string of the molecule is O=C(NC1CC1)c1cc(NC(=O)C2CCNC2)ccc1Cl. The third-order valence-electron chi connectivity index (χ3n) is 3.82. The molecule has 2 amide bonds. The van der Waals surface area contributed by atoms with Crippen LogP contribution in [-0.4, -0.2) is 30.9 Å². The molecule has 0 spiro atoms. The molecule has 0 aromatic heterocycles. The van der Waals surface area contributed by atoms with Crippen LogP contribution in [0.4, 0.5) is 5.69 Å². The van der Waals surface area contributed by atoms with Gasteiger partial charge in [-0.2, -0.15) is 0 Å². The van der Waals surface area contributed by atoms with E-state index in [0.717, 1.165) is 25.8 Å². The molecule has 1 aromatic carbocycles. The molecule has 1 aromatic rings. The Morgan fingerprint density at radius 2 is 2.05 bits per heavy atom. The molecule has 1 atom stereocenters. The number of carbonyl (C=O) groups is 2. The van der Waals surface area contributed by atoms with Gasteiger partial charge in [-0.25, -0.2) is 0 Å². The van der Waals surface area contributed by atoms with E-state index < -0.39 is 0 Å². The molecular weight excluding hydrogens is 290 g/mol. The minimum Gasteiger partial charge on any atom is -0.349 e. The van der Waals surface area contributed by atoms with Gasteiger partial charge in [-0.05, 0) is 44.0 Å². The molecule has 1 aliphatic carbocycles. The van der Waals surface area contributed by atoms with Crippen molar-refractivity contribution in [3.05, 3.63) is 28.8 Å². The highest BCUT2D eigenvalue weighted by molar-refractivity contribution is 6.34. The number of halogens is 1. The Morgan fingerprint density at radius 1 is 1.24 bits per heavy atom. The molecule has 0 bridgehead atoms. The van der Waals surface area contributed by atoms with E-state index in [2.05, 4.69) is 16.0 Å². The van der Waals surface area contributed by atoms with Crippen LogP contribution in [0.3, 0.4) is 0 Å². The lowest BCUT2D eigenvalue weighted by molar-refractivity contribution is -0.119. The average Bonchev–Trinajstić information content (AvgIpc) is 3.10. The second-order valence-electron chi connectivity index (χ2n) is 5.62. The van der Waals surface area contributed by atoms with Crippen LogP contribution in [0.25, 0.3) is 0 Å². The van der Waals surface area contributed by atoms with Crippen molar-refractivity contribution in [3.8, 4) is 0 Å². The zero-order valence-electron chi connectivity index (χ0n) is 11.6. The Labute approximate surface area is 128 Å². The van der Waals surface area contributed by atoms with E-state index in [1.165, 1.54) is 0 Å². The van der Waals surface area contributed by atoms with Gasteiger partial charge in [-0.15, -0.1) is 0 Å². The predicted octanol–water partition coefficient (Wildman–Crippen LogP) is 1.78. The van der Waals surface area contributed by atoms with Crippen LogP contribution in [-0.2, 0) is 4.79 Å². The quantitative estimate of drug-likeness (QED) is 0.794. The fourth-order valence-corrected chi connectivity index (χ4v) is 2.59. The summed E-state index contributed by atoms with van der Waals surface area (Å²) in [4.78, 5) is 24.2. The molecule has 21 heavy (non-hydrogen) atoms. The molecule has 2 aliphatic rings. The minimum absolute atomic E-state index is 0.00980. The monoisotopic (exact) mass is 307 g/mol. The molecule has 112 valence electrons. The second kappa shape index (κ2) is 6.03. The average molecular weight is 308 g/mol. The summed E-state index contributed by atoms with van der Waals surface area (Å²) in [5.41, 5.74) is 1.02. The maximum atomic E-state index is 12.1. The minimum atomic E-state index is -0.180. The standard InChI is InChI=1S/C15H18ClN3O2/c16-13-4-3-11(19-14(20)9-5-6-17-8-9)7-12(13)15(21)18-10-1-2-10/h3-4,7,9-10,17H,1-2,5-6,8H2,(H,18,21)(H,19,20). The molecule has 1 saturated heterocycles. The smallest absolute Gasteiger partial charge is 0.253 e. The number of benzene rings is 1. The van der Waals surface area contributed by atoms with Crippen LogP contribution >= 0.6 is 11.6 Å². The molecule has 6 heteroatoms. The second-order valence-corrected chi connectivity index (χ2v) is 6.03. The Bertz CT molecular complexity index is 566. The van der Waals surface area contributed by atoms with Crippen molar-refractivity contribution >= 4 is 29.1 Å². The van der Waals surface area contributed by atoms with Gasteiger partial charge in [0.2, 0.25) is 5.91 Å². The van der Waals surface area contributed by atoms with E-state index >= 15 is 0 Å². The normalized spacial score (nSPS) is 21.1. The van der Waals surface area contributed by atoms with E-state index in [0.29, 0.717) is 22.8 Å². The number of carbonyl (C=O) groups excluding carboxylic acids is 2. The van der Waals surface area contributed by atoms with Gasteiger partial charge in [0.05, 0.1) is 16.5 Å². The highest BCUT2D eigenvalue weighted by Gasteiger charge is 2.25. The van der Waals surface area contributed by atoms with E-state index in [4.69, 9.17) is 11.6 Å². The molecule has 0 radical (unpaired) electrons. The van der Waals surface area contributed by atoms with E-state index in [1.54, 1.807) is 18.2 Å². The number of amides is 2. The Morgan fingerprint density at radius 3 is 2.71 bits per heavy atom. The highest BCUT2D eigenvalue weighted by Crippen LogP contribution is 2.24. The van der Waals surface area contributed by atoms with Crippen LogP contribution in [0.15, 0.2) is 18.2 Å². The first kappa shape index (κ1) is 14.4. The van der Waals surface area contributed by atoms with Gasteiger partial charge in [0, 0.05) is 18.3 Å². The summed E-state index contributed by atoms with van der Waals surface area (Å²) in [5.74, 6) is -0.207. The van der Waals surface area contributed by atoms with Crippen LogP contribution in [0.5, 0.6) is 0 Å². The third-order valence-corrected chi connectivity index (χ3v) is 4.15. The van der Waals surface area contributed by atoms with Gasteiger partial charge in [-0.1, -0.05) is 11.6 Å². The first-order valence-electron chi connectivity index (χ1n) is 7.25. The summed E-state index contributed by atoms with van der Waals surface area (Å²) >= 11 is 6.08. The van der Waals surface area contributed by atoms with Gasteiger partial charge < -0.3 is 16.0 Å². The van der Waals surface area contributed by atoms with Gasteiger partial charge >= 0.3 is 0 Å². The molecular formula is C15H18ClN3O2. The maximum Gasteiger partial charge on any atom is 0.253 e. The lowest BCUT2D eigenvalue weighted by atomic mass is 10.1. The molecule has 1 saturated carbocycles. The van der Waals surface area contributed by atoms with Crippen LogP contribution in [0.1, 0.15) is 29.6 Å². The number of anilines is 1. The first-order valence-corrected chi connectivity index (χ1v) is 7.63. The Hall–Kier alpha value is -1.59. The fourth-order valence-electron chi connectivity index (χ4n) is 2.39. The highest BCUT2D eigenvalue weighted by atomic mass is 35.5. The number of rotatable bonds is 4. The van der Waals surface area contributed by atoms with E-state index in [1.807, 2.05) is 0 Å². The lowest BCUT2D eigenvalue weighted by Gasteiger charge is -2.12. The van der Waals surface area contributed by atoms with Crippen LogP contribution in [0, 0.1) is 5.92 Å². The largest absolute Gasteiger partial charge is 0.349 e. The predicted molar refractivity (Wildman–Crippen MR) is 81.5 cm³/mol. The van der Waals surface area contributed by atoms with Gasteiger partial charge in [0.25, 0.3) is 5.91 Å². The number of hydrogen-bond acceptors (Lipinski definition) is 3. The van der Waals surface area contributed by atoms with Crippen molar-refractivity contribution in [2.45, 2.75) is 25.3 Å². The molecule has 5 nitrogen and oxygen atoms in total. The number of hydrogen-bond donors (Lipinski definition) is 3. The summed E-state index contributed by atoms with van der Waals surface area (Å²) in [5, 5.41) is 9.32. The summed E-state index contributed by atoms with van der Waals surface area (Å²) in [7, 11) is 0. The summed E-state index contributed by atoms with van der Waals surface area (Å²) in [6.07, 6.45) is 2.89. The van der Waals surface area contributed by atoms with Gasteiger partial charge in [-0.3, -0.25) is 9.59 Å². The zero-order valence-corrected chi connectivity index (χ0v) is 12.4. The van der Waals surface area contributed by atoms with Crippen molar-refractivity contribution in [3.63, 3.8) is 0 Å². The Kier molecular flexibility index (Phi) is 4.12. The molecule has 1 unspecified atom stereocenters. The summed E-state index contributed by atoms with van der Waals surface area (Å²) in [6.45, 7) is 1.57. The van der Waals surface area contributed by atoms with Crippen LogP contribution < -0.4 is 16.0 Å². The van der Waals surface area contributed by atoms with E-state index in [9.17, 15) is 9.59 Å². The summed E-state index contributed by atoms with van der Waals surface area (Å²) in [6, 6.07) is 5.28. The van der Waals surface area contributed by atoms with Crippen molar-refractivity contribution in [1.29, 1.82) is 0 Å².